The van der Waals surface area contributed by atoms with E-state index in [2.05, 4.69) is 4.74 Å². The monoisotopic (exact) mass is 205 g/mol. The van der Waals surface area contributed by atoms with Gasteiger partial charge < -0.3 is 27.4 Å². The van der Waals surface area contributed by atoms with Gasteiger partial charge in [0.25, 0.3) is 0 Å². The predicted molar refractivity (Wildman–Crippen MR) is 43.0 cm³/mol. The SMILES string of the molecule is [2H]C([2H])([2H])[N+](CC(C)OC(N)=O)(C([2H])([2H])[2H])C([2H])([2H])[2H].[Cl-]. The van der Waals surface area contributed by atoms with Crippen LogP contribution < -0.4 is 18.1 Å². The molecule has 0 bridgehead atoms. The summed E-state index contributed by atoms with van der Waals surface area (Å²) < 4.78 is 68.3. The van der Waals surface area contributed by atoms with Gasteiger partial charge in [-0.25, -0.2) is 4.79 Å². The van der Waals surface area contributed by atoms with Crippen LogP contribution in [0.3, 0.4) is 0 Å². The zero-order valence-electron chi connectivity index (χ0n) is 15.5. The maximum absolute atomic E-state index is 10.6. The summed E-state index contributed by atoms with van der Waals surface area (Å²) in [4.78, 5) is 10.6. The summed E-state index contributed by atoms with van der Waals surface area (Å²) in [5.41, 5.74) is 4.75. The van der Waals surface area contributed by atoms with Crippen LogP contribution >= 0.6 is 0 Å². The van der Waals surface area contributed by atoms with E-state index in [0.29, 0.717) is 0 Å². The average molecular weight is 206 g/mol. The summed E-state index contributed by atoms with van der Waals surface area (Å²) in [6.45, 7) is -9.89. The van der Waals surface area contributed by atoms with Gasteiger partial charge in [0.05, 0.1) is 33.3 Å². The van der Waals surface area contributed by atoms with E-state index in [4.69, 9.17) is 18.1 Å². The minimum atomic E-state index is -3.37. The highest BCUT2D eigenvalue weighted by atomic mass is 35.5. The van der Waals surface area contributed by atoms with Crippen LogP contribution in [0, 0.1) is 0 Å². The Balaban J connectivity index is 0. The van der Waals surface area contributed by atoms with Gasteiger partial charge in [0, 0.05) is 0 Å². The lowest BCUT2D eigenvalue weighted by Crippen LogP contribution is -3.00. The third-order valence-electron chi connectivity index (χ3n) is 0.848. The lowest BCUT2D eigenvalue weighted by atomic mass is 10.3. The van der Waals surface area contributed by atoms with Gasteiger partial charge in [-0.15, -0.1) is 0 Å². The third-order valence-corrected chi connectivity index (χ3v) is 0.848. The third kappa shape index (κ3) is 9.52. The van der Waals surface area contributed by atoms with Gasteiger partial charge in [-0.2, -0.15) is 0 Å². The van der Waals surface area contributed by atoms with Crippen LogP contribution in [0.1, 0.15) is 19.3 Å². The van der Waals surface area contributed by atoms with Gasteiger partial charge in [-0.1, -0.05) is 0 Å². The van der Waals surface area contributed by atoms with Crippen molar-refractivity contribution in [1.82, 2.24) is 0 Å². The first-order valence-electron chi connectivity index (χ1n) is 7.41. The minimum Gasteiger partial charge on any atom is -1.00 e. The molecule has 0 spiro atoms. The molecular formula is C7H17ClN2O2. The van der Waals surface area contributed by atoms with Crippen molar-refractivity contribution >= 4 is 6.09 Å². The second kappa shape index (κ2) is 5.22. The second-order valence-corrected chi connectivity index (χ2v) is 2.24. The Kier molecular flexibility index (Phi) is 1.62. The number of likely N-dealkylation sites (N-methyl/N-ethyl adjacent to an activating group) is 1. The Morgan fingerprint density at radius 2 is 2.17 bits per heavy atom. The number of nitrogens with zero attached hydrogens (tertiary/aromatic N) is 1. The van der Waals surface area contributed by atoms with E-state index >= 15 is 0 Å². The first kappa shape index (κ1) is 3.72. The molecule has 0 aromatic heterocycles. The van der Waals surface area contributed by atoms with E-state index in [1.165, 1.54) is 6.92 Å². The molecule has 0 aliphatic rings. The lowest BCUT2D eigenvalue weighted by Gasteiger charge is -2.26. The molecule has 74 valence electrons. The lowest BCUT2D eigenvalue weighted by molar-refractivity contribution is -0.873. The van der Waals surface area contributed by atoms with Crippen LogP contribution in [-0.4, -0.2) is 44.2 Å². The first-order chi connectivity index (χ1) is 8.56. The largest absolute Gasteiger partial charge is 1.00 e. The fourth-order valence-corrected chi connectivity index (χ4v) is 0.621. The summed E-state index contributed by atoms with van der Waals surface area (Å²) >= 11 is 0. The number of rotatable bonds is 3. The van der Waals surface area contributed by atoms with Crippen LogP contribution in [0.5, 0.6) is 0 Å². The number of nitrogens with two attached hydrogens (primary N) is 1. The zero-order chi connectivity index (χ0) is 16.6. The number of amides is 1. The van der Waals surface area contributed by atoms with Crippen LogP contribution in [0.4, 0.5) is 4.79 Å². The number of halogens is 1. The first-order valence-corrected chi connectivity index (χ1v) is 2.91. The molecule has 0 radical (unpaired) electrons. The van der Waals surface area contributed by atoms with Gasteiger partial charge in [0.15, 0.2) is 0 Å². The van der Waals surface area contributed by atoms with Gasteiger partial charge in [-0.05, 0) is 6.92 Å². The molecule has 0 heterocycles. The van der Waals surface area contributed by atoms with Crippen molar-refractivity contribution in [2.45, 2.75) is 13.0 Å². The van der Waals surface area contributed by atoms with Crippen molar-refractivity contribution in [2.75, 3.05) is 27.5 Å². The van der Waals surface area contributed by atoms with Crippen LogP contribution in [0.2, 0.25) is 0 Å². The van der Waals surface area contributed by atoms with E-state index in [1.54, 1.807) is 0 Å². The number of ether oxygens (including phenoxy) is 1. The molecule has 5 heteroatoms. The van der Waals surface area contributed by atoms with Crippen molar-refractivity contribution in [1.29, 1.82) is 0 Å². The van der Waals surface area contributed by atoms with E-state index in [0.717, 1.165) is 0 Å². The van der Waals surface area contributed by atoms with E-state index < -0.39 is 44.2 Å². The molecule has 0 aliphatic heterocycles. The van der Waals surface area contributed by atoms with E-state index in [-0.39, 0.29) is 12.4 Å². The van der Waals surface area contributed by atoms with Gasteiger partial charge in [0.2, 0.25) is 0 Å². The van der Waals surface area contributed by atoms with Gasteiger partial charge in [-0.3, -0.25) is 0 Å². The maximum Gasteiger partial charge on any atom is 0.404 e. The quantitative estimate of drug-likeness (QED) is 0.506. The van der Waals surface area contributed by atoms with Crippen molar-refractivity contribution in [3.05, 3.63) is 0 Å². The minimum absolute atomic E-state index is 0. The molecule has 0 aromatic carbocycles. The Hall–Kier alpha value is -0.480. The molecule has 0 fully saturated rings. The maximum atomic E-state index is 10.6. The highest BCUT2D eigenvalue weighted by Crippen LogP contribution is 1.97. The molecule has 0 saturated carbocycles. The molecule has 1 atom stereocenters. The predicted octanol–water partition coefficient (Wildman–Crippen LogP) is -2.82. The van der Waals surface area contributed by atoms with Crippen LogP contribution in [0.25, 0.3) is 0 Å². The Morgan fingerprint density at radius 1 is 1.67 bits per heavy atom. The van der Waals surface area contributed by atoms with E-state index in [1.807, 2.05) is 0 Å². The summed E-state index contributed by atoms with van der Waals surface area (Å²) in [7, 11) is 0. The number of quaternary nitrogens is 1. The highest BCUT2D eigenvalue weighted by molar-refractivity contribution is 5.64. The number of hydrogen-bond acceptors (Lipinski definition) is 2. The normalized spacial score (nSPS) is 27.2. The fraction of sp³-hybridized carbons (Fsp3) is 0.857. The van der Waals surface area contributed by atoms with Crippen LogP contribution in [-0.2, 0) is 4.74 Å². The highest BCUT2D eigenvalue weighted by Gasteiger charge is 2.15. The molecule has 1 unspecified atom stereocenters. The zero-order valence-corrected chi connectivity index (χ0v) is 7.26. The number of primary amides is 1. The fourth-order valence-electron chi connectivity index (χ4n) is 0.621. The molecule has 1 amide bonds. The Labute approximate surface area is 92.3 Å². The molecule has 0 aromatic rings. The van der Waals surface area contributed by atoms with Crippen molar-refractivity contribution in [3.63, 3.8) is 0 Å². The Bertz CT molecular complexity index is 329. The molecule has 0 saturated heterocycles. The molecule has 0 rings (SSSR count). The topological polar surface area (TPSA) is 52.3 Å². The smallest absolute Gasteiger partial charge is 0.404 e. The molecule has 4 nitrogen and oxygen atoms in total. The van der Waals surface area contributed by atoms with E-state index in [9.17, 15) is 4.79 Å². The number of carbonyl (C=O) groups excluding carboxylic acids is 1. The average Bonchev–Trinajstić information content (AvgIpc) is 2.06. The number of carbonyl (C=O) groups is 1. The summed E-state index contributed by atoms with van der Waals surface area (Å²) in [6.07, 6.45) is -2.55. The molecular weight excluding hydrogens is 180 g/mol. The standard InChI is InChI=1S/C7H16N2O2.ClH/c1-6(11-7(8)10)5-9(2,3)4;/h6H,5H2,1-4H3,(H-,8,10);1H/i2D3,3D3,4D3;. The molecule has 0 aliphatic carbocycles. The van der Waals surface area contributed by atoms with Crippen molar-refractivity contribution < 1.29 is 38.8 Å². The second-order valence-electron chi connectivity index (χ2n) is 2.24. The van der Waals surface area contributed by atoms with Gasteiger partial charge >= 0.3 is 6.09 Å². The summed E-state index contributed by atoms with van der Waals surface area (Å²) in [6, 6.07) is 0. The van der Waals surface area contributed by atoms with Crippen molar-refractivity contribution in [3.8, 4) is 0 Å². The molecule has 12 heavy (non-hydrogen) atoms. The van der Waals surface area contributed by atoms with Gasteiger partial charge in [0.1, 0.15) is 12.6 Å². The number of hydrogen-bond donors (Lipinski definition) is 1. The van der Waals surface area contributed by atoms with Crippen LogP contribution in [0.15, 0.2) is 0 Å². The summed E-state index contributed by atoms with van der Waals surface area (Å²) in [5.74, 6) is 0. The summed E-state index contributed by atoms with van der Waals surface area (Å²) in [5, 5.41) is 0. The molecule has 2 N–H and O–H groups in total. The Morgan fingerprint density at radius 3 is 2.50 bits per heavy atom. The van der Waals surface area contributed by atoms with Crippen molar-refractivity contribution in [2.24, 2.45) is 5.73 Å².